The number of benzene rings is 1. The predicted octanol–water partition coefficient (Wildman–Crippen LogP) is 2.71. The van der Waals surface area contributed by atoms with E-state index in [1.54, 1.807) is 13.3 Å². The van der Waals surface area contributed by atoms with E-state index in [4.69, 9.17) is 9.72 Å². The molecule has 0 aliphatic carbocycles. The van der Waals surface area contributed by atoms with Gasteiger partial charge in [-0.2, -0.15) is 0 Å². The number of imidazole rings is 1. The van der Waals surface area contributed by atoms with Crippen molar-refractivity contribution in [2.75, 3.05) is 26.8 Å². The molecule has 1 fully saturated rings. The summed E-state index contributed by atoms with van der Waals surface area (Å²) in [5.41, 5.74) is 2.90. The number of nitrogens with zero attached hydrogens (tertiary/aromatic N) is 4. The normalized spacial score (nSPS) is 16.8. The number of hydrogen-bond acceptors (Lipinski definition) is 4. The number of pyridine rings is 1. The number of amides is 1. The maximum atomic E-state index is 12.6. The van der Waals surface area contributed by atoms with Crippen molar-refractivity contribution in [3.63, 3.8) is 0 Å². The van der Waals surface area contributed by atoms with Crippen LogP contribution in [0.15, 0.2) is 48.7 Å². The summed E-state index contributed by atoms with van der Waals surface area (Å²) in [4.78, 5) is 23.9. The van der Waals surface area contributed by atoms with Gasteiger partial charge in [-0.1, -0.05) is 30.3 Å². The van der Waals surface area contributed by atoms with E-state index in [0.717, 1.165) is 55.0 Å². The lowest BCUT2D eigenvalue weighted by Crippen LogP contribution is -2.30. The summed E-state index contributed by atoms with van der Waals surface area (Å²) in [6.45, 7) is 2.99. The third-order valence-electron chi connectivity index (χ3n) is 5.41. The van der Waals surface area contributed by atoms with Gasteiger partial charge in [-0.25, -0.2) is 9.97 Å². The smallest absolute Gasteiger partial charge is 0.226 e. The lowest BCUT2D eigenvalue weighted by molar-refractivity contribution is -0.129. The molecule has 1 amide bonds. The topological polar surface area (TPSA) is 60.2 Å². The zero-order valence-corrected chi connectivity index (χ0v) is 16.3. The van der Waals surface area contributed by atoms with Gasteiger partial charge >= 0.3 is 0 Å². The van der Waals surface area contributed by atoms with Crippen molar-refractivity contribution in [3.8, 4) is 0 Å². The first-order chi connectivity index (χ1) is 13.7. The number of methoxy groups -OCH3 is 1. The van der Waals surface area contributed by atoms with Gasteiger partial charge in [0.2, 0.25) is 5.91 Å². The number of carbonyl (C=O) groups excluding carboxylic acids is 1. The first-order valence-corrected chi connectivity index (χ1v) is 9.85. The molecular weight excluding hydrogens is 352 g/mol. The van der Waals surface area contributed by atoms with E-state index in [0.29, 0.717) is 18.9 Å². The van der Waals surface area contributed by atoms with Gasteiger partial charge in [0.15, 0.2) is 5.65 Å². The van der Waals surface area contributed by atoms with Crippen molar-refractivity contribution in [1.29, 1.82) is 0 Å². The Kier molecular flexibility index (Phi) is 5.67. The molecule has 6 nitrogen and oxygen atoms in total. The van der Waals surface area contributed by atoms with E-state index >= 15 is 0 Å². The van der Waals surface area contributed by atoms with Crippen LogP contribution in [0.25, 0.3) is 11.2 Å². The Bertz CT molecular complexity index is 938. The molecular formula is C22H26N4O2. The molecule has 3 heterocycles. The second kappa shape index (κ2) is 8.52. The summed E-state index contributed by atoms with van der Waals surface area (Å²) in [5, 5.41) is 0. The van der Waals surface area contributed by atoms with Gasteiger partial charge in [0, 0.05) is 39.4 Å². The highest BCUT2D eigenvalue weighted by molar-refractivity contribution is 5.79. The molecule has 6 heteroatoms. The molecule has 1 saturated heterocycles. The van der Waals surface area contributed by atoms with Crippen LogP contribution in [0.3, 0.4) is 0 Å². The molecule has 1 aliphatic heterocycles. The third-order valence-corrected chi connectivity index (χ3v) is 5.41. The molecule has 1 aliphatic rings. The largest absolute Gasteiger partial charge is 0.383 e. The Hall–Kier alpha value is -2.73. The fourth-order valence-electron chi connectivity index (χ4n) is 3.94. The number of carbonyl (C=O) groups is 1. The zero-order valence-electron chi connectivity index (χ0n) is 16.3. The number of hydrogen-bond donors (Lipinski definition) is 0. The molecule has 1 aromatic carbocycles. The minimum Gasteiger partial charge on any atom is -0.383 e. The van der Waals surface area contributed by atoms with E-state index in [2.05, 4.69) is 9.55 Å². The van der Waals surface area contributed by atoms with Gasteiger partial charge in [0.25, 0.3) is 0 Å². The fraction of sp³-hybridized carbons (Fsp3) is 0.409. The Morgan fingerprint density at radius 1 is 1.21 bits per heavy atom. The van der Waals surface area contributed by atoms with Crippen molar-refractivity contribution < 1.29 is 9.53 Å². The van der Waals surface area contributed by atoms with Crippen molar-refractivity contribution in [2.24, 2.45) is 5.92 Å². The van der Waals surface area contributed by atoms with Crippen molar-refractivity contribution in [1.82, 2.24) is 19.4 Å². The van der Waals surface area contributed by atoms with Gasteiger partial charge in [0.05, 0.1) is 13.0 Å². The van der Waals surface area contributed by atoms with Crippen LogP contribution in [-0.2, 0) is 28.9 Å². The van der Waals surface area contributed by atoms with Crippen LogP contribution in [0.2, 0.25) is 0 Å². The fourth-order valence-corrected chi connectivity index (χ4v) is 3.94. The number of fused-ring (bicyclic) bond motifs is 1. The Balaban J connectivity index is 1.43. The summed E-state index contributed by atoms with van der Waals surface area (Å²) in [5.74, 6) is 1.68. The first kappa shape index (κ1) is 18.6. The maximum absolute atomic E-state index is 12.6. The maximum Gasteiger partial charge on any atom is 0.226 e. The standard InChI is InChI=1S/C22H26N4O2/c1-28-13-12-26-20(24-19-8-5-10-23-22(19)26)14-18-9-11-25(16-18)21(27)15-17-6-3-2-4-7-17/h2-8,10,18H,9,11-16H2,1H3/t18-/m1/s1. The molecule has 0 unspecified atom stereocenters. The SMILES string of the molecule is COCCn1c(C[C@H]2CCN(C(=O)Cc3ccccc3)C2)nc2cccnc21. The van der Waals surface area contributed by atoms with Crippen LogP contribution < -0.4 is 0 Å². The first-order valence-electron chi connectivity index (χ1n) is 9.85. The second-order valence-corrected chi connectivity index (χ2v) is 7.38. The second-order valence-electron chi connectivity index (χ2n) is 7.38. The molecule has 146 valence electrons. The predicted molar refractivity (Wildman–Crippen MR) is 108 cm³/mol. The Morgan fingerprint density at radius 2 is 2.07 bits per heavy atom. The molecule has 0 N–H and O–H groups in total. The van der Waals surface area contributed by atoms with Crippen molar-refractivity contribution in [3.05, 3.63) is 60.0 Å². The van der Waals surface area contributed by atoms with Crippen LogP contribution in [0.1, 0.15) is 17.8 Å². The lowest BCUT2D eigenvalue weighted by Gasteiger charge is -2.17. The van der Waals surface area contributed by atoms with Gasteiger partial charge < -0.3 is 14.2 Å². The highest BCUT2D eigenvalue weighted by Crippen LogP contribution is 2.23. The molecule has 2 aromatic heterocycles. The van der Waals surface area contributed by atoms with Crippen molar-refractivity contribution >= 4 is 17.1 Å². The summed E-state index contributed by atoms with van der Waals surface area (Å²) in [6, 6.07) is 13.9. The lowest BCUT2D eigenvalue weighted by atomic mass is 10.0. The van der Waals surface area contributed by atoms with Crippen LogP contribution in [0.5, 0.6) is 0 Å². The molecule has 28 heavy (non-hydrogen) atoms. The van der Waals surface area contributed by atoms with E-state index in [-0.39, 0.29) is 5.91 Å². The van der Waals surface area contributed by atoms with Gasteiger partial charge in [-0.3, -0.25) is 4.79 Å². The highest BCUT2D eigenvalue weighted by atomic mass is 16.5. The molecule has 1 atom stereocenters. The quantitative estimate of drug-likeness (QED) is 0.634. The van der Waals surface area contributed by atoms with Crippen LogP contribution in [0.4, 0.5) is 0 Å². The number of ether oxygens (including phenoxy) is 1. The minimum atomic E-state index is 0.211. The van der Waals surface area contributed by atoms with Crippen LogP contribution in [0, 0.1) is 5.92 Å². The zero-order chi connectivity index (χ0) is 19.3. The summed E-state index contributed by atoms with van der Waals surface area (Å²) in [7, 11) is 1.71. The number of aromatic nitrogens is 3. The molecule has 4 rings (SSSR count). The highest BCUT2D eigenvalue weighted by Gasteiger charge is 2.28. The average molecular weight is 378 g/mol. The van der Waals surface area contributed by atoms with Gasteiger partial charge in [-0.05, 0) is 30.0 Å². The van der Waals surface area contributed by atoms with Gasteiger partial charge in [0.1, 0.15) is 11.3 Å². The van der Waals surface area contributed by atoms with E-state index in [1.807, 2.05) is 47.4 Å². The monoisotopic (exact) mass is 378 g/mol. The molecule has 0 bridgehead atoms. The van der Waals surface area contributed by atoms with E-state index in [9.17, 15) is 4.79 Å². The van der Waals surface area contributed by atoms with Gasteiger partial charge in [-0.15, -0.1) is 0 Å². The summed E-state index contributed by atoms with van der Waals surface area (Å²) < 4.78 is 7.42. The van der Waals surface area contributed by atoms with Crippen molar-refractivity contribution in [2.45, 2.75) is 25.8 Å². The van der Waals surface area contributed by atoms with Crippen LogP contribution >= 0.6 is 0 Å². The number of rotatable bonds is 7. The molecule has 3 aromatic rings. The molecule has 0 saturated carbocycles. The average Bonchev–Trinajstić information content (AvgIpc) is 3.32. The summed E-state index contributed by atoms with van der Waals surface area (Å²) >= 11 is 0. The van der Waals surface area contributed by atoms with E-state index < -0.39 is 0 Å². The molecule has 0 spiro atoms. The third kappa shape index (κ3) is 4.07. The minimum absolute atomic E-state index is 0.211. The Labute approximate surface area is 165 Å². The van der Waals surface area contributed by atoms with E-state index in [1.165, 1.54) is 0 Å². The Morgan fingerprint density at radius 3 is 2.89 bits per heavy atom. The van der Waals surface area contributed by atoms with Crippen LogP contribution in [-0.4, -0.2) is 52.1 Å². The number of likely N-dealkylation sites (tertiary alicyclic amines) is 1. The summed E-state index contributed by atoms with van der Waals surface area (Å²) in [6.07, 6.45) is 4.15. The molecule has 0 radical (unpaired) electrons.